The highest BCUT2D eigenvalue weighted by molar-refractivity contribution is 5.26. The lowest BCUT2D eigenvalue weighted by molar-refractivity contribution is 0.0276. The van der Waals surface area contributed by atoms with Crippen LogP contribution in [0, 0.1) is 0 Å². The highest BCUT2D eigenvalue weighted by atomic mass is 16.5. The molecule has 0 aliphatic carbocycles. The van der Waals surface area contributed by atoms with Crippen LogP contribution in [0.1, 0.15) is 36.2 Å². The van der Waals surface area contributed by atoms with E-state index in [0.29, 0.717) is 6.10 Å². The van der Waals surface area contributed by atoms with Gasteiger partial charge in [-0.3, -0.25) is 0 Å². The topological polar surface area (TPSA) is 30.5 Å². The van der Waals surface area contributed by atoms with E-state index in [2.05, 4.69) is 29.6 Å². The van der Waals surface area contributed by atoms with Crippen molar-refractivity contribution in [2.45, 2.75) is 25.0 Å². The molecule has 2 aliphatic heterocycles. The normalized spacial score (nSPS) is 29.4. The lowest BCUT2D eigenvalue weighted by atomic mass is 10.0. The molecular formula is C14H19NO2. The summed E-state index contributed by atoms with van der Waals surface area (Å²) in [4.78, 5) is 0. The second-order valence-electron chi connectivity index (χ2n) is 4.73. The first-order valence-corrected chi connectivity index (χ1v) is 6.47. The van der Waals surface area contributed by atoms with Gasteiger partial charge < -0.3 is 14.8 Å². The van der Waals surface area contributed by atoms with Gasteiger partial charge in [-0.2, -0.15) is 0 Å². The Labute approximate surface area is 102 Å². The van der Waals surface area contributed by atoms with Gasteiger partial charge >= 0.3 is 0 Å². The number of morpholine rings is 1. The van der Waals surface area contributed by atoms with Gasteiger partial charge in [0.1, 0.15) is 0 Å². The van der Waals surface area contributed by atoms with Gasteiger partial charge in [-0.1, -0.05) is 24.3 Å². The summed E-state index contributed by atoms with van der Waals surface area (Å²) in [6, 6.07) is 8.72. The molecule has 92 valence electrons. The highest BCUT2D eigenvalue weighted by Crippen LogP contribution is 2.29. The summed E-state index contributed by atoms with van der Waals surface area (Å²) in [6.45, 7) is 3.59. The summed E-state index contributed by atoms with van der Waals surface area (Å²) < 4.78 is 11.4. The second kappa shape index (κ2) is 5.17. The maximum absolute atomic E-state index is 5.74. The van der Waals surface area contributed by atoms with E-state index in [0.717, 1.165) is 32.7 Å². The molecule has 1 aromatic rings. The zero-order valence-electron chi connectivity index (χ0n) is 10.0. The van der Waals surface area contributed by atoms with Crippen LogP contribution in [0.2, 0.25) is 0 Å². The Bertz CT molecular complexity index is 351. The van der Waals surface area contributed by atoms with Crippen molar-refractivity contribution < 1.29 is 9.47 Å². The predicted molar refractivity (Wildman–Crippen MR) is 65.9 cm³/mol. The molecule has 0 aromatic heterocycles. The summed E-state index contributed by atoms with van der Waals surface area (Å²) in [5.74, 6) is 0. The Morgan fingerprint density at radius 1 is 0.941 bits per heavy atom. The van der Waals surface area contributed by atoms with Gasteiger partial charge in [0.15, 0.2) is 0 Å². The molecule has 2 unspecified atom stereocenters. The van der Waals surface area contributed by atoms with Crippen LogP contribution in [0.4, 0.5) is 0 Å². The van der Waals surface area contributed by atoms with Crippen LogP contribution >= 0.6 is 0 Å². The van der Waals surface area contributed by atoms with Crippen molar-refractivity contribution in [1.82, 2.24) is 5.32 Å². The van der Waals surface area contributed by atoms with Crippen LogP contribution in [0.5, 0.6) is 0 Å². The van der Waals surface area contributed by atoms with E-state index in [1.54, 1.807) is 0 Å². The fraction of sp³-hybridized carbons (Fsp3) is 0.571. The molecule has 0 bridgehead atoms. The molecule has 2 heterocycles. The van der Waals surface area contributed by atoms with Crippen molar-refractivity contribution in [2.24, 2.45) is 0 Å². The van der Waals surface area contributed by atoms with Gasteiger partial charge in [0, 0.05) is 19.7 Å². The van der Waals surface area contributed by atoms with Crippen LogP contribution in [0.15, 0.2) is 24.3 Å². The molecule has 1 aromatic carbocycles. The number of benzene rings is 1. The average molecular weight is 233 g/mol. The van der Waals surface area contributed by atoms with Gasteiger partial charge in [0.05, 0.1) is 18.8 Å². The van der Waals surface area contributed by atoms with Gasteiger partial charge in [0.2, 0.25) is 0 Å². The molecule has 1 N–H and O–H groups in total. The number of rotatable bonds is 2. The van der Waals surface area contributed by atoms with Crippen molar-refractivity contribution in [1.29, 1.82) is 0 Å². The first-order valence-electron chi connectivity index (χ1n) is 6.47. The molecular weight excluding hydrogens is 214 g/mol. The third-order valence-electron chi connectivity index (χ3n) is 3.54. The summed E-state index contributed by atoms with van der Waals surface area (Å²) >= 11 is 0. The average Bonchev–Trinajstić information content (AvgIpc) is 2.94. The van der Waals surface area contributed by atoms with E-state index in [4.69, 9.17) is 9.47 Å². The van der Waals surface area contributed by atoms with Crippen molar-refractivity contribution in [3.63, 3.8) is 0 Å². The summed E-state index contributed by atoms with van der Waals surface area (Å²) in [6.07, 6.45) is 2.86. The molecule has 2 aliphatic rings. The maximum Gasteiger partial charge on any atom is 0.0949 e. The minimum Gasteiger partial charge on any atom is -0.374 e. The standard InChI is InChI=1S/C14H19NO2/c1-2-13(16-8-1)11-3-5-12(6-4-11)14-10-15-7-9-17-14/h3-6,13-15H,1-2,7-10H2. The largest absolute Gasteiger partial charge is 0.374 e. The van der Waals surface area contributed by atoms with Crippen molar-refractivity contribution >= 4 is 0 Å². The Balaban J connectivity index is 1.70. The van der Waals surface area contributed by atoms with E-state index >= 15 is 0 Å². The number of hydrogen-bond acceptors (Lipinski definition) is 3. The van der Waals surface area contributed by atoms with E-state index in [1.807, 2.05) is 0 Å². The lowest BCUT2D eigenvalue weighted by Gasteiger charge is -2.24. The molecule has 3 rings (SSSR count). The summed E-state index contributed by atoms with van der Waals surface area (Å²) in [7, 11) is 0. The van der Waals surface area contributed by atoms with E-state index in [1.165, 1.54) is 17.5 Å². The Hall–Kier alpha value is -0.900. The molecule has 0 amide bonds. The molecule has 17 heavy (non-hydrogen) atoms. The molecule has 0 radical (unpaired) electrons. The third kappa shape index (κ3) is 2.51. The number of nitrogens with one attached hydrogen (secondary N) is 1. The Kier molecular flexibility index (Phi) is 3.41. The van der Waals surface area contributed by atoms with Crippen LogP contribution in [-0.4, -0.2) is 26.3 Å². The van der Waals surface area contributed by atoms with Crippen molar-refractivity contribution in [3.05, 3.63) is 35.4 Å². The van der Waals surface area contributed by atoms with Crippen LogP contribution < -0.4 is 5.32 Å². The fourth-order valence-electron chi connectivity index (χ4n) is 2.55. The van der Waals surface area contributed by atoms with E-state index in [-0.39, 0.29) is 6.10 Å². The maximum atomic E-state index is 5.74. The molecule has 0 saturated carbocycles. The van der Waals surface area contributed by atoms with Crippen LogP contribution in [0.3, 0.4) is 0 Å². The fourth-order valence-corrected chi connectivity index (χ4v) is 2.55. The monoisotopic (exact) mass is 233 g/mol. The van der Waals surface area contributed by atoms with Crippen LogP contribution in [0.25, 0.3) is 0 Å². The first kappa shape index (κ1) is 11.2. The minimum absolute atomic E-state index is 0.210. The number of hydrogen-bond donors (Lipinski definition) is 1. The molecule has 2 fully saturated rings. The number of ether oxygens (including phenoxy) is 2. The molecule has 0 spiro atoms. The predicted octanol–water partition coefficient (Wildman–Crippen LogP) is 2.20. The highest BCUT2D eigenvalue weighted by Gasteiger charge is 2.19. The second-order valence-corrected chi connectivity index (χ2v) is 4.73. The summed E-state index contributed by atoms with van der Waals surface area (Å²) in [5, 5.41) is 3.35. The van der Waals surface area contributed by atoms with Gasteiger partial charge in [0.25, 0.3) is 0 Å². The third-order valence-corrected chi connectivity index (χ3v) is 3.54. The zero-order chi connectivity index (χ0) is 11.5. The van der Waals surface area contributed by atoms with E-state index < -0.39 is 0 Å². The van der Waals surface area contributed by atoms with Gasteiger partial charge in [-0.25, -0.2) is 0 Å². The Morgan fingerprint density at radius 3 is 2.24 bits per heavy atom. The van der Waals surface area contributed by atoms with Crippen molar-refractivity contribution in [2.75, 3.05) is 26.3 Å². The van der Waals surface area contributed by atoms with Crippen molar-refractivity contribution in [3.8, 4) is 0 Å². The molecule has 2 atom stereocenters. The van der Waals surface area contributed by atoms with Crippen LogP contribution in [-0.2, 0) is 9.47 Å². The molecule has 3 heteroatoms. The SMILES string of the molecule is c1cc(C2CNCCO2)ccc1C1CCCO1. The van der Waals surface area contributed by atoms with Gasteiger partial charge in [-0.15, -0.1) is 0 Å². The smallest absolute Gasteiger partial charge is 0.0949 e. The lowest BCUT2D eigenvalue weighted by Crippen LogP contribution is -2.33. The molecule has 3 nitrogen and oxygen atoms in total. The minimum atomic E-state index is 0.210. The van der Waals surface area contributed by atoms with Gasteiger partial charge in [-0.05, 0) is 24.0 Å². The first-order chi connectivity index (χ1) is 8.43. The quantitative estimate of drug-likeness (QED) is 0.849. The zero-order valence-corrected chi connectivity index (χ0v) is 10.0. The summed E-state index contributed by atoms with van der Waals surface area (Å²) in [5.41, 5.74) is 2.56. The van der Waals surface area contributed by atoms with E-state index in [9.17, 15) is 0 Å². The molecule has 2 saturated heterocycles. The Morgan fingerprint density at radius 2 is 1.65 bits per heavy atom.